The number of sulfonamides is 1. The van der Waals surface area contributed by atoms with Gasteiger partial charge in [-0.05, 0) is 39.5 Å². The first-order valence-corrected chi connectivity index (χ1v) is 12.5. The van der Waals surface area contributed by atoms with E-state index in [2.05, 4.69) is 33.4 Å². The number of nitrogens with zero attached hydrogens (tertiary/aromatic N) is 3. The van der Waals surface area contributed by atoms with Crippen LogP contribution in [-0.2, 0) is 14.8 Å². The average molecular weight is 468 g/mol. The molecular weight excluding hydrogens is 434 g/mol. The number of hydrogen-bond donors (Lipinski definition) is 3. The summed E-state index contributed by atoms with van der Waals surface area (Å²) in [7, 11) is -3.14. The van der Waals surface area contributed by atoms with Gasteiger partial charge in [-0.15, -0.1) is 12.8 Å². The Morgan fingerprint density at radius 3 is 2.31 bits per heavy atom. The zero-order valence-electron chi connectivity index (χ0n) is 18.9. The van der Waals surface area contributed by atoms with Crippen molar-refractivity contribution in [3.05, 3.63) is 6.20 Å². The van der Waals surface area contributed by atoms with E-state index in [4.69, 9.17) is 9.84 Å². The fourth-order valence-electron chi connectivity index (χ4n) is 3.60. The van der Waals surface area contributed by atoms with Gasteiger partial charge in [0, 0.05) is 19.1 Å². The van der Waals surface area contributed by atoms with Gasteiger partial charge in [-0.1, -0.05) is 12.8 Å². The van der Waals surface area contributed by atoms with Crippen molar-refractivity contribution in [3.63, 3.8) is 0 Å². The van der Waals surface area contributed by atoms with Crippen LogP contribution in [0.15, 0.2) is 6.20 Å². The standard InChI is InChI=1S/C14H21N5O4S.C5H10O.C2H2/c1-14(2)12(20)17-11-10(23-14)8-15-13(18-11)16-9-4-6-19(7-5-9)24(3,21)22;6-5-3-1-2-4-5;1-2/h8-9H,4-7H2,1-3H3,(H2,15,16,17,18,20);5-6H,1-4H2;1-2H. The van der Waals surface area contributed by atoms with Gasteiger partial charge in [-0.2, -0.15) is 4.98 Å². The van der Waals surface area contributed by atoms with Crippen LogP contribution < -0.4 is 15.4 Å². The van der Waals surface area contributed by atoms with Crippen LogP contribution in [0.25, 0.3) is 0 Å². The molecule has 0 spiro atoms. The summed E-state index contributed by atoms with van der Waals surface area (Å²) < 4.78 is 30.1. The number of terminal acetylenes is 1. The zero-order chi connectivity index (χ0) is 23.9. The van der Waals surface area contributed by atoms with E-state index < -0.39 is 15.6 Å². The minimum atomic E-state index is -3.14. The molecule has 3 aliphatic rings. The first kappa shape index (κ1) is 25.8. The van der Waals surface area contributed by atoms with Gasteiger partial charge in [0.2, 0.25) is 16.0 Å². The van der Waals surface area contributed by atoms with Crippen LogP contribution in [0.3, 0.4) is 0 Å². The highest BCUT2D eigenvalue weighted by Gasteiger charge is 2.36. The number of carbonyl (C=O) groups is 1. The van der Waals surface area contributed by atoms with E-state index in [0.29, 0.717) is 43.4 Å². The van der Waals surface area contributed by atoms with Gasteiger partial charge < -0.3 is 20.5 Å². The number of aliphatic hydroxyl groups excluding tert-OH is 1. The van der Waals surface area contributed by atoms with Crippen molar-refractivity contribution in [1.29, 1.82) is 0 Å². The first-order chi connectivity index (χ1) is 15.0. The largest absolute Gasteiger partial charge is 0.472 e. The number of hydrogen-bond acceptors (Lipinski definition) is 8. The van der Waals surface area contributed by atoms with Crippen molar-refractivity contribution in [1.82, 2.24) is 14.3 Å². The molecule has 0 atom stereocenters. The summed E-state index contributed by atoms with van der Waals surface area (Å²) in [4.78, 5) is 20.4. The van der Waals surface area contributed by atoms with Crippen molar-refractivity contribution in [2.24, 2.45) is 0 Å². The number of aromatic nitrogens is 2. The molecule has 1 aromatic rings. The second-order valence-corrected chi connectivity index (χ2v) is 10.5. The molecule has 10 nitrogen and oxygen atoms in total. The third-order valence-electron chi connectivity index (χ3n) is 5.48. The fourth-order valence-corrected chi connectivity index (χ4v) is 4.48. The second kappa shape index (κ2) is 10.9. The summed E-state index contributed by atoms with van der Waals surface area (Å²) in [5.74, 6) is 0.888. The molecule has 32 heavy (non-hydrogen) atoms. The van der Waals surface area contributed by atoms with Crippen molar-refractivity contribution in [2.75, 3.05) is 30.0 Å². The number of amides is 1. The van der Waals surface area contributed by atoms with E-state index in [9.17, 15) is 13.2 Å². The average Bonchev–Trinajstić information content (AvgIpc) is 3.22. The van der Waals surface area contributed by atoms with Crippen LogP contribution in [0.5, 0.6) is 5.75 Å². The van der Waals surface area contributed by atoms with Gasteiger partial charge in [0.25, 0.3) is 5.91 Å². The number of aliphatic hydroxyl groups is 1. The fraction of sp³-hybridized carbons (Fsp3) is 0.667. The zero-order valence-corrected chi connectivity index (χ0v) is 19.7. The molecule has 1 amide bonds. The Hall–Kier alpha value is -2.42. The lowest BCUT2D eigenvalue weighted by atomic mass is 10.1. The summed E-state index contributed by atoms with van der Waals surface area (Å²) >= 11 is 0. The summed E-state index contributed by atoms with van der Waals surface area (Å²) in [6.45, 7) is 4.28. The van der Waals surface area contributed by atoms with E-state index in [1.807, 2.05) is 0 Å². The monoisotopic (exact) mass is 467 g/mol. The summed E-state index contributed by atoms with van der Waals surface area (Å²) in [5, 5.41) is 14.6. The van der Waals surface area contributed by atoms with E-state index >= 15 is 0 Å². The number of nitrogens with one attached hydrogen (secondary N) is 2. The van der Waals surface area contributed by atoms with Crippen LogP contribution in [0.1, 0.15) is 52.4 Å². The van der Waals surface area contributed by atoms with Crippen molar-refractivity contribution in [3.8, 4) is 18.6 Å². The molecule has 0 bridgehead atoms. The Kier molecular flexibility index (Phi) is 8.83. The maximum atomic E-state index is 11.9. The maximum absolute atomic E-state index is 11.9. The molecule has 1 saturated carbocycles. The SMILES string of the molecule is C#C.CC1(C)Oc2cnc(NC3CCN(S(C)(=O)=O)CC3)nc2NC1=O.OC1CCCC1. The highest BCUT2D eigenvalue weighted by atomic mass is 32.2. The van der Waals surface area contributed by atoms with Gasteiger partial charge in [0.15, 0.2) is 17.2 Å². The summed E-state index contributed by atoms with van der Waals surface area (Å²) in [5.41, 5.74) is -0.955. The molecule has 0 aromatic carbocycles. The summed E-state index contributed by atoms with van der Waals surface area (Å²) in [6, 6.07) is 0.0812. The van der Waals surface area contributed by atoms with Crippen LogP contribution in [0.4, 0.5) is 11.8 Å². The lowest BCUT2D eigenvalue weighted by Gasteiger charge is -2.32. The third-order valence-corrected chi connectivity index (χ3v) is 6.78. The van der Waals surface area contributed by atoms with E-state index in [1.54, 1.807) is 13.8 Å². The Morgan fingerprint density at radius 2 is 1.81 bits per heavy atom. The van der Waals surface area contributed by atoms with Crippen LogP contribution in [-0.4, -0.2) is 70.8 Å². The topological polar surface area (TPSA) is 134 Å². The van der Waals surface area contributed by atoms with Gasteiger partial charge in [-0.3, -0.25) is 4.79 Å². The van der Waals surface area contributed by atoms with E-state index in [0.717, 1.165) is 12.8 Å². The third kappa shape index (κ3) is 7.05. The number of anilines is 2. The Bertz CT molecular complexity index is 904. The van der Waals surface area contributed by atoms with Crippen LogP contribution >= 0.6 is 0 Å². The molecule has 11 heteroatoms. The molecule has 0 unspecified atom stereocenters. The number of fused-ring (bicyclic) bond motifs is 1. The number of rotatable bonds is 3. The highest BCUT2D eigenvalue weighted by molar-refractivity contribution is 7.88. The molecule has 1 aromatic heterocycles. The van der Waals surface area contributed by atoms with E-state index in [1.165, 1.54) is 29.6 Å². The lowest BCUT2D eigenvalue weighted by Crippen LogP contribution is -2.46. The molecule has 1 saturated heterocycles. The normalized spacial score (nSPS) is 21.0. The second-order valence-electron chi connectivity index (χ2n) is 8.49. The Balaban J connectivity index is 0.000000387. The van der Waals surface area contributed by atoms with Gasteiger partial charge in [0.05, 0.1) is 18.6 Å². The van der Waals surface area contributed by atoms with Crippen LogP contribution in [0.2, 0.25) is 0 Å². The number of ether oxygens (including phenoxy) is 1. The minimum absolute atomic E-state index is 0.0463. The molecular formula is C21H33N5O5S. The minimum Gasteiger partial charge on any atom is -0.472 e. The van der Waals surface area contributed by atoms with Gasteiger partial charge in [0.1, 0.15) is 0 Å². The molecule has 2 aliphatic heterocycles. The maximum Gasteiger partial charge on any atom is 0.269 e. The van der Waals surface area contributed by atoms with Gasteiger partial charge >= 0.3 is 0 Å². The smallest absolute Gasteiger partial charge is 0.269 e. The quantitative estimate of drug-likeness (QED) is 0.571. The Morgan fingerprint density at radius 1 is 1.22 bits per heavy atom. The molecule has 178 valence electrons. The molecule has 3 heterocycles. The van der Waals surface area contributed by atoms with E-state index in [-0.39, 0.29) is 18.1 Å². The Labute approximate surface area is 190 Å². The van der Waals surface area contributed by atoms with Crippen molar-refractivity contribution >= 4 is 27.7 Å². The first-order valence-electron chi connectivity index (χ1n) is 10.6. The predicted octanol–water partition coefficient (Wildman–Crippen LogP) is 1.59. The predicted molar refractivity (Wildman–Crippen MR) is 123 cm³/mol. The molecule has 2 fully saturated rings. The van der Waals surface area contributed by atoms with Crippen LogP contribution in [0, 0.1) is 12.8 Å². The van der Waals surface area contributed by atoms with Crippen molar-refractivity contribution < 1.29 is 23.1 Å². The number of piperidine rings is 1. The molecule has 0 radical (unpaired) electrons. The molecule has 1 aliphatic carbocycles. The van der Waals surface area contributed by atoms with Gasteiger partial charge in [-0.25, -0.2) is 17.7 Å². The number of carbonyl (C=O) groups excluding carboxylic acids is 1. The highest BCUT2D eigenvalue weighted by Crippen LogP contribution is 2.32. The van der Waals surface area contributed by atoms with Crippen molar-refractivity contribution in [2.45, 2.75) is 70.1 Å². The molecule has 4 rings (SSSR count). The lowest BCUT2D eigenvalue weighted by molar-refractivity contribution is -0.129. The summed E-state index contributed by atoms with van der Waals surface area (Å²) in [6.07, 6.45) is 16.7. The molecule has 3 N–H and O–H groups in total.